The molecule has 2 amide bonds. The third-order valence-corrected chi connectivity index (χ3v) is 3.07. The second-order valence-corrected chi connectivity index (χ2v) is 5.00. The molecular weight excluding hydrogens is 266 g/mol. The predicted octanol–water partition coefficient (Wildman–Crippen LogP) is 2.12. The van der Waals surface area contributed by atoms with Crippen LogP contribution in [0.15, 0.2) is 36.4 Å². The summed E-state index contributed by atoms with van der Waals surface area (Å²) in [5.74, 6) is 0.115. The molecule has 1 fully saturated rings. The number of allylic oxidation sites excluding steroid dienone is 1. The topological polar surface area (TPSA) is 82.0 Å². The van der Waals surface area contributed by atoms with Crippen LogP contribution in [0.5, 0.6) is 0 Å². The van der Waals surface area contributed by atoms with Crippen molar-refractivity contribution in [2.24, 2.45) is 5.92 Å². The van der Waals surface area contributed by atoms with Gasteiger partial charge in [0.1, 0.15) is 6.42 Å². The summed E-state index contributed by atoms with van der Waals surface area (Å²) in [6, 6.07) is 9.05. The Hall–Kier alpha value is -2.61. The van der Waals surface area contributed by atoms with E-state index in [1.807, 2.05) is 18.2 Å². The highest BCUT2D eigenvalue weighted by atomic mass is 16.2. The van der Waals surface area contributed by atoms with Crippen LogP contribution in [-0.2, 0) is 16.1 Å². The van der Waals surface area contributed by atoms with Crippen molar-refractivity contribution in [1.82, 2.24) is 5.32 Å². The van der Waals surface area contributed by atoms with Gasteiger partial charge in [0.05, 0.1) is 6.07 Å². The maximum absolute atomic E-state index is 11.7. The molecule has 5 heteroatoms. The minimum atomic E-state index is -0.306. The minimum absolute atomic E-state index is 0.146. The number of nitriles is 1. The average molecular weight is 283 g/mol. The highest BCUT2D eigenvalue weighted by Crippen LogP contribution is 2.29. The lowest BCUT2D eigenvalue weighted by molar-refractivity contribution is -0.120. The van der Waals surface area contributed by atoms with E-state index in [1.54, 1.807) is 24.3 Å². The number of hydrogen-bond acceptors (Lipinski definition) is 3. The van der Waals surface area contributed by atoms with Crippen molar-refractivity contribution in [2.75, 3.05) is 5.32 Å². The molecule has 0 atom stereocenters. The summed E-state index contributed by atoms with van der Waals surface area (Å²) in [7, 11) is 0. The van der Waals surface area contributed by atoms with E-state index in [9.17, 15) is 9.59 Å². The Kier molecular flexibility index (Phi) is 5.10. The van der Waals surface area contributed by atoms with Gasteiger partial charge in [0.2, 0.25) is 11.8 Å². The number of nitrogens with zero attached hydrogens (tertiary/aromatic N) is 1. The van der Waals surface area contributed by atoms with Crippen molar-refractivity contribution in [3.8, 4) is 6.07 Å². The smallest absolute Gasteiger partial charge is 0.248 e. The van der Waals surface area contributed by atoms with Crippen LogP contribution in [0.1, 0.15) is 24.8 Å². The SMILES string of the molecule is N#CCC(=O)NCc1cccc(NC(=O)/C=C/C2CC2)c1. The van der Waals surface area contributed by atoms with Gasteiger partial charge in [-0.1, -0.05) is 18.2 Å². The molecular formula is C16H17N3O2. The molecule has 1 saturated carbocycles. The summed E-state index contributed by atoms with van der Waals surface area (Å²) in [4.78, 5) is 22.9. The first-order valence-electron chi connectivity index (χ1n) is 6.89. The molecule has 108 valence electrons. The van der Waals surface area contributed by atoms with Gasteiger partial charge in [0, 0.05) is 12.2 Å². The normalized spacial score (nSPS) is 13.7. The van der Waals surface area contributed by atoms with Crippen LogP contribution in [0.25, 0.3) is 0 Å². The van der Waals surface area contributed by atoms with Crippen molar-refractivity contribution in [1.29, 1.82) is 5.26 Å². The maximum Gasteiger partial charge on any atom is 0.248 e. The zero-order valence-corrected chi connectivity index (χ0v) is 11.6. The maximum atomic E-state index is 11.7. The van der Waals surface area contributed by atoms with Crippen LogP contribution >= 0.6 is 0 Å². The predicted molar refractivity (Wildman–Crippen MR) is 79.0 cm³/mol. The number of amides is 2. The first kappa shape index (κ1) is 14.8. The highest BCUT2D eigenvalue weighted by Gasteiger charge is 2.17. The molecule has 2 N–H and O–H groups in total. The molecule has 0 saturated heterocycles. The van der Waals surface area contributed by atoms with Gasteiger partial charge in [-0.25, -0.2) is 0 Å². The lowest BCUT2D eigenvalue weighted by atomic mass is 10.2. The summed E-state index contributed by atoms with van der Waals surface area (Å²) >= 11 is 0. The molecule has 0 spiro atoms. The van der Waals surface area contributed by atoms with E-state index in [0.29, 0.717) is 18.2 Å². The van der Waals surface area contributed by atoms with Crippen molar-refractivity contribution in [3.63, 3.8) is 0 Å². The lowest BCUT2D eigenvalue weighted by Crippen LogP contribution is -2.21. The Morgan fingerprint density at radius 1 is 1.38 bits per heavy atom. The molecule has 1 aromatic carbocycles. The first-order valence-corrected chi connectivity index (χ1v) is 6.89. The van der Waals surface area contributed by atoms with Crippen molar-refractivity contribution < 1.29 is 9.59 Å². The van der Waals surface area contributed by atoms with Crippen LogP contribution in [0.3, 0.4) is 0 Å². The second-order valence-electron chi connectivity index (χ2n) is 5.00. The number of nitrogens with one attached hydrogen (secondary N) is 2. The molecule has 1 aliphatic rings. The second kappa shape index (κ2) is 7.25. The summed E-state index contributed by atoms with van der Waals surface area (Å²) in [6.07, 6.45) is 5.69. The largest absolute Gasteiger partial charge is 0.351 e. The van der Waals surface area contributed by atoms with E-state index in [2.05, 4.69) is 10.6 Å². The lowest BCUT2D eigenvalue weighted by Gasteiger charge is -2.06. The molecule has 1 aliphatic carbocycles. The third-order valence-electron chi connectivity index (χ3n) is 3.07. The quantitative estimate of drug-likeness (QED) is 0.784. The van der Waals surface area contributed by atoms with E-state index >= 15 is 0 Å². The monoisotopic (exact) mass is 283 g/mol. The molecule has 0 aromatic heterocycles. The van der Waals surface area contributed by atoms with Crippen LogP contribution in [0.2, 0.25) is 0 Å². The summed E-state index contributed by atoms with van der Waals surface area (Å²) in [5, 5.41) is 13.8. The molecule has 0 unspecified atom stereocenters. The van der Waals surface area contributed by atoms with Gasteiger partial charge < -0.3 is 10.6 Å². The van der Waals surface area contributed by atoms with Crippen molar-refractivity contribution in [3.05, 3.63) is 42.0 Å². The summed E-state index contributed by atoms with van der Waals surface area (Å²) in [5.41, 5.74) is 1.55. The molecule has 2 rings (SSSR count). The molecule has 5 nitrogen and oxygen atoms in total. The fraction of sp³-hybridized carbons (Fsp3) is 0.312. The molecule has 0 aliphatic heterocycles. The Labute approximate surface area is 123 Å². The van der Waals surface area contributed by atoms with E-state index in [-0.39, 0.29) is 18.2 Å². The van der Waals surface area contributed by atoms with Crippen LogP contribution in [0, 0.1) is 17.2 Å². The number of carbonyl (C=O) groups excluding carboxylic acids is 2. The number of carbonyl (C=O) groups is 2. The van der Waals surface area contributed by atoms with Gasteiger partial charge in [-0.15, -0.1) is 0 Å². The molecule has 0 bridgehead atoms. The van der Waals surface area contributed by atoms with Crippen LogP contribution in [0.4, 0.5) is 5.69 Å². The standard InChI is InChI=1S/C16H17N3O2/c17-9-8-15(20)18-11-13-2-1-3-14(10-13)19-16(21)7-6-12-4-5-12/h1-3,6-7,10,12H,4-5,8,11H2,(H,18,20)(H,19,21)/b7-6+. The van der Waals surface area contributed by atoms with Gasteiger partial charge >= 0.3 is 0 Å². The van der Waals surface area contributed by atoms with E-state index in [0.717, 1.165) is 5.56 Å². The number of benzene rings is 1. The van der Waals surface area contributed by atoms with Crippen LogP contribution < -0.4 is 10.6 Å². The Morgan fingerprint density at radius 2 is 2.19 bits per heavy atom. The first-order chi connectivity index (χ1) is 10.2. The Bertz CT molecular complexity index is 598. The Balaban J connectivity index is 1.86. The van der Waals surface area contributed by atoms with Gasteiger partial charge in [0.15, 0.2) is 0 Å². The third kappa shape index (κ3) is 5.49. The summed E-state index contributed by atoms with van der Waals surface area (Å²) in [6.45, 7) is 0.335. The average Bonchev–Trinajstić information content (AvgIpc) is 3.28. The highest BCUT2D eigenvalue weighted by molar-refractivity contribution is 5.99. The molecule has 0 heterocycles. The van der Waals surface area contributed by atoms with Gasteiger partial charge in [-0.3, -0.25) is 9.59 Å². The van der Waals surface area contributed by atoms with Crippen molar-refractivity contribution >= 4 is 17.5 Å². The van der Waals surface area contributed by atoms with Gasteiger partial charge in [-0.2, -0.15) is 5.26 Å². The zero-order chi connectivity index (χ0) is 15.1. The zero-order valence-electron chi connectivity index (χ0n) is 11.6. The fourth-order valence-electron chi connectivity index (χ4n) is 1.79. The van der Waals surface area contributed by atoms with Gasteiger partial charge in [0.25, 0.3) is 0 Å². The number of hydrogen-bond donors (Lipinski definition) is 2. The van der Waals surface area contributed by atoms with Crippen molar-refractivity contribution in [2.45, 2.75) is 25.8 Å². The fourth-order valence-corrected chi connectivity index (χ4v) is 1.79. The number of anilines is 1. The van der Waals surface area contributed by atoms with Gasteiger partial charge in [-0.05, 0) is 42.5 Å². The minimum Gasteiger partial charge on any atom is -0.351 e. The van der Waals surface area contributed by atoms with E-state index < -0.39 is 0 Å². The molecule has 21 heavy (non-hydrogen) atoms. The summed E-state index contributed by atoms with van der Waals surface area (Å²) < 4.78 is 0. The Morgan fingerprint density at radius 3 is 2.90 bits per heavy atom. The van der Waals surface area contributed by atoms with Crippen LogP contribution in [-0.4, -0.2) is 11.8 Å². The number of rotatable bonds is 6. The molecule has 0 radical (unpaired) electrons. The van der Waals surface area contributed by atoms with E-state index in [1.165, 1.54) is 12.8 Å². The van der Waals surface area contributed by atoms with E-state index in [4.69, 9.17) is 5.26 Å². The molecule has 1 aromatic rings.